The summed E-state index contributed by atoms with van der Waals surface area (Å²) < 4.78 is 5.27. The van der Waals surface area contributed by atoms with Gasteiger partial charge in [0.15, 0.2) is 5.16 Å². The maximum absolute atomic E-state index is 13.1. The van der Waals surface area contributed by atoms with Crippen LogP contribution in [0.25, 0.3) is 0 Å². The van der Waals surface area contributed by atoms with Crippen LogP contribution in [-0.2, 0) is 4.79 Å². The number of unbranched alkanes of at least 4 members (excludes halogenated alkanes) is 1. The number of hydrogen-bond donors (Lipinski definition) is 2. The topological polar surface area (TPSA) is 84.1 Å². The highest BCUT2D eigenvalue weighted by atomic mass is 32.2. The van der Waals surface area contributed by atoms with Crippen LogP contribution in [0, 0.1) is 5.92 Å². The van der Waals surface area contributed by atoms with E-state index in [4.69, 9.17) is 9.72 Å². The minimum atomic E-state index is -0.383. The van der Waals surface area contributed by atoms with E-state index in [1.165, 1.54) is 0 Å². The molecule has 2 N–H and O–H groups in total. The molecule has 0 radical (unpaired) electrons. The molecule has 0 saturated carbocycles. The predicted molar refractivity (Wildman–Crippen MR) is 115 cm³/mol. The van der Waals surface area contributed by atoms with Crippen molar-refractivity contribution in [1.29, 1.82) is 0 Å². The van der Waals surface area contributed by atoms with Gasteiger partial charge in [-0.2, -0.15) is 0 Å². The fourth-order valence-corrected chi connectivity index (χ4v) is 4.97. The summed E-state index contributed by atoms with van der Waals surface area (Å²) in [5.74, 6) is 1.62. The van der Waals surface area contributed by atoms with Crippen molar-refractivity contribution in [2.75, 3.05) is 18.2 Å². The number of nitrogens with zero attached hydrogens (tertiary/aromatic N) is 1. The highest BCUT2D eigenvalue weighted by molar-refractivity contribution is 7.99. The second-order valence-electron chi connectivity index (χ2n) is 7.35. The molecular formula is C22H25N3O3S. The Balaban J connectivity index is 1.81. The van der Waals surface area contributed by atoms with Crippen LogP contribution in [0.1, 0.15) is 49.7 Å². The number of carbonyl (C=O) groups is 1. The zero-order valence-corrected chi connectivity index (χ0v) is 17.5. The lowest BCUT2D eigenvalue weighted by Crippen LogP contribution is -2.38. The summed E-state index contributed by atoms with van der Waals surface area (Å²) in [5.41, 5.74) is 2.13. The van der Waals surface area contributed by atoms with E-state index in [0.29, 0.717) is 29.4 Å². The SMILES string of the molecule is CCCCSc1nc2c(c(=O)[nH]1)[C@H](c1ccc(OC)cc1)[C@H]1C(=O)CCC=C1N2. The summed E-state index contributed by atoms with van der Waals surface area (Å²) in [7, 11) is 1.62. The number of thioether (sulfide) groups is 1. The molecule has 152 valence electrons. The van der Waals surface area contributed by atoms with Gasteiger partial charge in [-0.15, -0.1) is 0 Å². The van der Waals surface area contributed by atoms with Gasteiger partial charge in [-0.05, 0) is 30.5 Å². The summed E-state index contributed by atoms with van der Waals surface area (Å²) in [5, 5.41) is 3.91. The van der Waals surface area contributed by atoms with Crippen molar-refractivity contribution in [2.24, 2.45) is 5.92 Å². The molecule has 2 atom stereocenters. The number of allylic oxidation sites excluding steroid dienone is 2. The fourth-order valence-electron chi connectivity index (χ4n) is 4.02. The quantitative estimate of drug-likeness (QED) is 0.423. The summed E-state index contributed by atoms with van der Waals surface area (Å²) in [6.07, 6.45) is 5.43. The molecule has 0 fully saturated rings. The van der Waals surface area contributed by atoms with Gasteiger partial charge < -0.3 is 15.0 Å². The second-order valence-corrected chi connectivity index (χ2v) is 8.44. The van der Waals surface area contributed by atoms with Crippen LogP contribution in [0.15, 0.2) is 46.0 Å². The molecule has 1 aromatic heterocycles. The minimum Gasteiger partial charge on any atom is -0.497 e. The molecule has 0 amide bonds. The molecule has 1 aliphatic carbocycles. The van der Waals surface area contributed by atoms with Crippen molar-refractivity contribution in [3.05, 3.63) is 57.5 Å². The van der Waals surface area contributed by atoms with Gasteiger partial charge in [0.1, 0.15) is 17.4 Å². The second kappa shape index (κ2) is 8.45. The Morgan fingerprint density at radius 3 is 2.72 bits per heavy atom. The van der Waals surface area contributed by atoms with Crippen molar-refractivity contribution in [2.45, 2.75) is 43.7 Å². The molecule has 7 heteroatoms. The molecule has 0 bridgehead atoms. The normalized spacial score (nSPS) is 20.3. The Morgan fingerprint density at radius 2 is 2.00 bits per heavy atom. The first kappa shape index (κ1) is 19.8. The van der Waals surface area contributed by atoms with Crippen LogP contribution in [0.3, 0.4) is 0 Å². The van der Waals surface area contributed by atoms with Crippen LogP contribution in [0.2, 0.25) is 0 Å². The number of aromatic amines is 1. The first-order valence-corrected chi connectivity index (χ1v) is 11.0. The Hall–Kier alpha value is -2.54. The molecule has 2 aliphatic rings. The van der Waals surface area contributed by atoms with Gasteiger partial charge in [-0.25, -0.2) is 4.98 Å². The lowest BCUT2D eigenvalue weighted by atomic mass is 9.72. The maximum atomic E-state index is 13.1. The van der Waals surface area contributed by atoms with Crippen molar-refractivity contribution in [3.63, 3.8) is 0 Å². The van der Waals surface area contributed by atoms with E-state index in [-0.39, 0.29) is 23.2 Å². The van der Waals surface area contributed by atoms with Gasteiger partial charge in [0.2, 0.25) is 0 Å². The van der Waals surface area contributed by atoms with E-state index >= 15 is 0 Å². The first-order valence-electron chi connectivity index (χ1n) is 10.0. The first-order chi connectivity index (χ1) is 14.1. The standard InChI is InChI=1S/C22H25N3O3S/c1-3-4-12-29-22-24-20-19(21(27)25-22)17(13-8-10-14(28-2)11-9-13)18-15(23-20)6-5-7-16(18)26/h6,8-11,17-18H,3-5,7,12H2,1-2H3,(H2,23,24,25,27)/t17-,18-/m1/s1. The van der Waals surface area contributed by atoms with Crippen LogP contribution in [-0.4, -0.2) is 28.6 Å². The number of nitrogens with one attached hydrogen (secondary N) is 2. The Bertz CT molecular complexity index is 997. The fraction of sp³-hybridized carbons (Fsp3) is 0.409. The minimum absolute atomic E-state index is 0.155. The average molecular weight is 412 g/mol. The number of anilines is 1. The van der Waals surface area contributed by atoms with Crippen LogP contribution in [0.5, 0.6) is 5.75 Å². The monoisotopic (exact) mass is 411 g/mol. The van der Waals surface area contributed by atoms with Gasteiger partial charge in [0, 0.05) is 23.8 Å². The molecule has 0 spiro atoms. The number of fused-ring (bicyclic) bond motifs is 2. The summed E-state index contributed by atoms with van der Waals surface area (Å²) in [6.45, 7) is 2.14. The highest BCUT2D eigenvalue weighted by Gasteiger charge is 2.42. The molecular weight excluding hydrogens is 386 g/mol. The van der Waals surface area contributed by atoms with Gasteiger partial charge in [0.05, 0.1) is 18.6 Å². The van der Waals surface area contributed by atoms with E-state index in [0.717, 1.165) is 35.6 Å². The van der Waals surface area contributed by atoms with Crippen molar-refractivity contribution >= 4 is 23.4 Å². The number of rotatable bonds is 6. The van der Waals surface area contributed by atoms with Crippen LogP contribution >= 0.6 is 11.8 Å². The molecule has 0 unspecified atom stereocenters. The van der Waals surface area contributed by atoms with Gasteiger partial charge in [-0.1, -0.05) is 43.3 Å². The molecule has 6 nitrogen and oxygen atoms in total. The number of ether oxygens (including phenoxy) is 1. The lowest BCUT2D eigenvalue weighted by Gasteiger charge is -2.36. The smallest absolute Gasteiger partial charge is 0.257 e. The predicted octanol–water partition coefficient (Wildman–Crippen LogP) is 4.09. The maximum Gasteiger partial charge on any atom is 0.257 e. The van der Waals surface area contributed by atoms with E-state index in [1.54, 1.807) is 18.9 Å². The zero-order valence-electron chi connectivity index (χ0n) is 16.7. The number of methoxy groups -OCH3 is 1. The van der Waals surface area contributed by atoms with Gasteiger partial charge in [-0.3, -0.25) is 9.59 Å². The number of hydrogen-bond acceptors (Lipinski definition) is 6. The molecule has 2 heterocycles. The number of H-pyrrole nitrogens is 1. The Labute approximate surface area is 174 Å². The summed E-state index contributed by atoms with van der Waals surface area (Å²) in [4.78, 5) is 33.6. The summed E-state index contributed by atoms with van der Waals surface area (Å²) in [6, 6.07) is 7.59. The number of aromatic nitrogens is 2. The van der Waals surface area contributed by atoms with Crippen molar-refractivity contribution in [1.82, 2.24) is 9.97 Å². The zero-order chi connectivity index (χ0) is 20.4. The Morgan fingerprint density at radius 1 is 1.21 bits per heavy atom. The van der Waals surface area contributed by atoms with Crippen LogP contribution in [0.4, 0.5) is 5.82 Å². The molecule has 0 saturated heterocycles. The number of carbonyl (C=O) groups excluding carboxylic acids is 1. The van der Waals surface area contributed by atoms with E-state index < -0.39 is 0 Å². The van der Waals surface area contributed by atoms with Crippen molar-refractivity contribution in [3.8, 4) is 5.75 Å². The van der Waals surface area contributed by atoms with E-state index in [9.17, 15) is 9.59 Å². The Kier molecular flexibility index (Phi) is 5.76. The third kappa shape index (κ3) is 3.83. The third-order valence-electron chi connectivity index (χ3n) is 5.49. The number of ketones is 1. The molecule has 1 aromatic carbocycles. The molecule has 29 heavy (non-hydrogen) atoms. The van der Waals surface area contributed by atoms with Gasteiger partial charge in [0.25, 0.3) is 5.56 Å². The molecule has 4 rings (SSSR count). The largest absolute Gasteiger partial charge is 0.497 e. The van der Waals surface area contributed by atoms with E-state index in [1.807, 2.05) is 24.3 Å². The molecule has 2 aromatic rings. The van der Waals surface area contributed by atoms with Gasteiger partial charge >= 0.3 is 0 Å². The summed E-state index contributed by atoms with van der Waals surface area (Å²) >= 11 is 1.55. The van der Waals surface area contributed by atoms with Crippen LogP contribution < -0.4 is 15.6 Å². The number of benzene rings is 1. The average Bonchev–Trinajstić information content (AvgIpc) is 2.73. The lowest BCUT2D eigenvalue weighted by molar-refractivity contribution is -0.122. The number of Topliss-reactive ketones (excluding diaryl/α,β-unsaturated/α-hetero) is 1. The van der Waals surface area contributed by atoms with E-state index in [2.05, 4.69) is 23.3 Å². The molecule has 1 aliphatic heterocycles. The van der Waals surface area contributed by atoms with Crippen molar-refractivity contribution < 1.29 is 9.53 Å². The highest BCUT2D eigenvalue weighted by Crippen LogP contribution is 2.45. The third-order valence-corrected chi connectivity index (χ3v) is 6.45.